The molecule has 5 nitrogen and oxygen atoms in total. The minimum absolute atomic E-state index is 0.180. The van der Waals surface area contributed by atoms with Crippen LogP contribution < -0.4 is 10.6 Å². The van der Waals surface area contributed by atoms with Gasteiger partial charge < -0.3 is 20.1 Å². The highest BCUT2D eigenvalue weighted by molar-refractivity contribution is 5.79. The summed E-state index contributed by atoms with van der Waals surface area (Å²) >= 11 is 0. The lowest BCUT2D eigenvalue weighted by Gasteiger charge is -2.11. The molecule has 1 aromatic rings. The van der Waals surface area contributed by atoms with Crippen LogP contribution in [0.5, 0.6) is 0 Å². The average molecular weight is 339 g/mol. The second-order valence-electron chi connectivity index (χ2n) is 5.52. The van der Waals surface area contributed by atoms with Crippen LogP contribution in [0.4, 0.5) is 4.39 Å². The van der Waals surface area contributed by atoms with Crippen LogP contribution >= 0.6 is 0 Å². The number of hydrogen-bond donors (Lipinski definition) is 2. The number of rotatable bonds is 11. The lowest BCUT2D eigenvalue weighted by atomic mass is 10.1. The predicted molar refractivity (Wildman–Crippen MR) is 95.9 cm³/mol. The molecule has 0 spiro atoms. The van der Waals surface area contributed by atoms with Crippen molar-refractivity contribution in [2.45, 2.75) is 33.2 Å². The SMILES string of the molecule is CCNC(=NCc1ccc(F)c(C)c1)NCCCCOCCOC. The Kier molecular flexibility index (Phi) is 10.8. The van der Waals surface area contributed by atoms with E-state index in [4.69, 9.17) is 9.47 Å². The normalized spacial score (nSPS) is 11.6. The number of nitrogens with one attached hydrogen (secondary N) is 2. The summed E-state index contributed by atoms with van der Waals surface area (Å²) in [5.41, 5.74) is 1.65. The van der Waals surface area contributed by atoms with Gasteiger partial charge in [-0.1, -0.05) is 12.1 Å². The molecule has 0 unspecified atom stereocenters. The van der Waals surface area contributed by atoms with Crippen LogP contribution in [0.1, 0.15) is 30.9 Å². The number of benzene rings is 1. The Labute approximate surface area is 144 Å². The fourth-order valence-electron chi connectivity index (χ4n) is 2.10. The van der Waals surface area contributed by atoms with Gasteiger partial charge in [0, 0.05) is 26.8 Å². The lowest BCUT2D eigenvalue weighted by molar-refractivity contribution is 0.0689. The van der Waals surface area contributed by atoms with Crippen molar-refractivity contribution < 1.29 is 13.9 Å². The van der Waals surface area contributed by atoms with Crippen molar-refractivity contribution in [2.75, 3.05) is 40.0 Å². The molecule has 6 heteroatoms. The number of ether oxygens (including phenoxy) is 2. The molecule has 0 bridgehead atoms. The summed E-state index contributed by atoms with van der Waals surface area (Å²) in [5, 5.41) is 6.52. The second-order valence-corrected chi connectivity index (χ2v) is 5.52. The first-order valence-electron chi connectivity index (χ1n) is 8.51. The zero-order valence-corrected chi connectivity index (χ0v) is 15.0. The smallest absolute Gasteiger partial charge is 0.191 e. The van der Waals surface area contributed by atoms with Crippen LogP contribution in [0, 0.1) is 12.7 Å². The zero-order chi connectivity index (χ0) is 17.6. The first kappa shape index (κ1) is 20.4. The highest BCUT2D eigenvalue weighted by atomic mass is 19.1. The third kappa shape index (κ3) is 8.84. The molecule has 0 fully saturated rings. The molecular weight excluding hydrogens is 309 g/mol. The van der Waals surface area contributed by atoms with E-state index in [2.05, 4.69) is 15.6 Å². The van der Waals surface area contributed by atoms with Crippen molar-refractivity contribution in [1.29, 1.82) is 0 Å². The van der Waals surface area contributed by atoms with Gasteiger partial charge in [-0.25, -0.2) is 9.38 Å². The number of nitrogens with zero attached hydrogens (tertiary/aromatic N) is 1. The molecule has 1 aromatic carbocycles. The summed E-state index contributed by atoms with van der Waals surface area (Å²) < 4.78 is 23.6. The summed E-state index contributed by atoms with van der Waals surface area (Å²) in [6, 6.07) is 5.09. The van der Waals surface area contributed by atoms with E-state index in [0.29, 0.717) is 25.3 Å². The molecule has 0 saturated heterocycles. The predicted octanol–water partition coefficient (Wildman–Crippen LogP) is 2.63. The first-order chi connectivity index (χ1) is 11.7. The van der Waals surface area contributed by atoms with E-state index in [1.807, 2.05) is 13.0 Å². The van der Waals surface area contributed by atoms with Crippen LogP contribution in [-0.4, -0.2) is 46.0 Å². The molecule has 0 amide bonds. The Morgan fingerprint density at radius 3 is 2.71 bits per heavy atom. The van der Waals surface area contributed by atoms with Crippen molar-refractivity contribution in [1.82, 2.24) is 10.6 Å². The Bertz CT molecular complexity index is 495. The highest BCUT2D eigenvalue weighted by Gasteiger charge is 2.00. The van der Waals surface area contributed by atoms with Crippen molar-refractivity contribution in [3.05, 3.63) is 35.1 Å². The molecule has 0 aliphatic heterocycles. The Hall–Kier alpha value is -1.66. The molecule has 0 heterocycles. The number of methoxy groups -OCH3 is 1. The van der Waals surface area contributed by atoms with Crippen molar-refractivity contribution in [3.63, 3.8) is 0 Å². The second kappa shape index (κ2) is 12.7. The maximum atomic E-state index is 13.3. The van der Waals surface area contributed by atoms with Gasteiger partial charge >= 0.3 is 0 Å². The third-order valence-electron chi connectivity index (χ3n) is 3.43. The summed E-state index contributed by atoms with van der Waals surface area (Å²) in [7, 11) is 1.67. The van der Waals surface area contributed by atoms with E-state index in [1.54, 1.807) is 20.1 Å². The van der Waals surface area contributed by atoms with E-state index in [9.17, 15) is 4.39 Å². The summed E-state index contributed by atoms with van der Waals surface area (Å²) in [4.78, 5) is 4.54. The molecule has 0 aromatic heterocycles. The van der Waals surface area contributed by atoms with Crippen molar-refractivity contribution >= 4 is 5.96 Å². The molecular formula is C18H30FN3O2. The van der Waals surface area contributed by atoms with Crippen LogP contribution in [0.3, 0.4) is 0 Å². The minimum atomic E-state index is -0.180. The number of guanidine groups is 1. The Morgan fingerprint density at radius 1 is 1.17 bits per heavy atom. The topological polar surface area (TPSA) is 54.9 Å². The van der Waals surface area contributed by atoms with Crippen molar-refractivity contribution in [3.8, 4) is 0 Å². The van der Waals surface area contributed by atoms with E-state index < -0.39 is 0 Å². The van der Waals surface area contributed by atoms with Crippen LogP contribution in [0.25, 0.3) is 0 Å². The Balaban J connectivity index is 2.30. The van der Waals surface area contributed by atoms with E-state index in [1.165, 1.54) is 6.07 Å². The van der Waals surface area contributed by atoms with Gasteiger partial charge in [-0.3, -0.25) is 0 Å². The summed E-state index contributed by atoms with van der Waals surface area (Å²) in [6.07, 6.45) is 2.00. The maximum Gasteiger partial charge on any atom is 0.191 e. The van der Waals surface area contributed by atoms with Gasteiger partial charge in [-0.05, 0) is 43.9 Å². The van der Waals surface area contributed by atoms with E-state index in [-0.39, 0.29) is 5.82 Å². The van der Waals surface area contributed by atoms with Crippen LogP contribution in [0.2, 0.25) is 0 Å². The number of unbranched alkanes of at least 4 members (excludes halogenated alkanes) is 1. The largest absolute Gasteiger partial charge is 0.382 e. The lowest BCUT2D eigenvalue weighted by Crippen LogP contribution is -2.37. The summed E-state index contributed by atoms with van der Waals surface area (Å²) in [6.45, 7) is 7.98. The third-order valence-corrected chi connectivity index (χ3v) is 3.43. The number of aryl methyl sites for hydroxylation is 1. The van der Waals surface area contributed by atoms with Gasteiger partial charge in [0.2, 0.25) is 0 Å². The van der Waals surface area contributed by atoms with Gasteiger partial charge in [-0.2, -0.15) is 0 Å². The molecule has 136 valence electrons. The molecule has 24 heavy (non-hydrogen) atoms. The fourth-order valence-corrected chi connectivity index (χ4v) is 2.10. The van der Waals surface area contributed by atoms with Crippen LogP contribution in [-0.2, 0) is 16.0 Å². The molecule has 1 rings (SSSR count). The molecule has 2 N–H and O–H groups in total. The van der Waals surface area contributed by atoms with Gasteiger partial charge in [-0.15, -0.1) is 0 Å². The van der Waals surface area contributed by atoms with Crippen LogP contribution in [0.15, 0.2) is 23.2 Å². The number of hydrogen-bond acceptors (Lipinski definition) is 3. The van der Waals surface area contributed by atoms with Crippen molar-refractivity contribution in [2.24, 2.45) is 4.99 Å². The standard InChI is InChI=1S/C18H30FN3O2/c1-4-20-18(21-9-5-6-10-24-12-11-23-3)22-14-16-7-8-17(19)15(2)13-16/h7-8,13H,4-6,9-12,14H2,1-3H3,(H2,20,21,22). The molecule has 0 saturated carbocycles. The monoisotopic (exact) mass is 339 g/mol. The molecule has 0 radical (unpaired) electrons. The molecule has 0 atom stereocenters. The quantitative estimate of drug-likeness (QED) is 0.370. The van der Waals surface area contributed by atoms with Gasteiger partial charge in [0.15, 0.2) is 5.96 Å². The molecule has 0 aliphatic carbocycles. The maximum absolute atomic E-state index is 13.3. The van der Waals surface area contributed by atoms with E-state index in [0.717, 1.165) is 44.1 Å². The van der Waals surface area contributed by atoms with Gasteiger partial charge in [0.1, 0.15) is 5.82 Å². The molecule has 0 aliphatic rings. The van der Waals surface area contributed by atoms with E-state index >= 15 is 0 Å². The fraction of sp³-hybridized carbons (Fsp3) is 0.611. The average Bonchev–Trinajstić information content (AvgIpc) is 2.58. The van der Waals surface area contributed by atoms with Gasteiger partial charge in [0.25, 0.3) is 0 Å². The Morgan fingerprint density at radius 2 is 2.00 bits per heavy atom. The number of aliphatic imine (C=N–C) groups is 1. The zero-order valence-electron chi connectivity index (χ0n) is 15.0. The highest BCUT2D eigenvalue weighted by Crippen LogP contribution is 2.09. The number of halogens is 1. The summed E-state index contributed by atoms with van der Waals surface area (Å²) in [5.74, 6) is 0.597. The minimum Gasteiger partial charge on any atom is -0.382 e. The first-order valence-corrected chi connectivity index (χ1v) is 8.51. The van der Waals surface area contributed by atoms with Gasteiger partial charge in [0.05, 0.1) is 19.8 Å².